The first-order chi connectivity index (χ1) is 8.81. The summed E-state index contributed by atoms with van der Waals surface area (Å²) in [7, 11) is 0. The van der Waals surface area contributed by atoms with Crippen molar-refractivity contribution in [3.05, 3.63) is 22.9 Å². The molecule has 2 rings (SSSR count). The van der Waals surface area contributed by atoms with Crippen LogP contribution in [0.3, 0.4) is 0 Å². The van der Waals surface area contributed by atoms with E-state index in [1.165, 1.54) is 25.7 Å². The molecule has 1 heterocycles. The number of nitrogens with one attached hydrogen (secondary N) is 1. The molecule has 0 atom stereocenters. The van der Waals surface area contributed by atoms with Gasteiger partial charge in [-0.15, -0.1) is 0 Å². The Labute approximate surface area is 109 Å². The van der Waals surface area contributed by atoms with Gasteiger partial charge in [0.25, 0.3) is 0 Å². The maximum absolute atomic E-state index is 11.9. The Kier molecular flexibility index (Phi) is 5.05. The molecule has 0 radical (unpaired) electrons. The van der Waals surface area contributed by atoms with E-state index in [1.807, 2.05) is 12.4 Å². The van der Waals surface area contributed by atoms with Gasteiger partial charge in [-0.25, -0.2) is 4.79 Å². The molecule has 4 heteroatoms. The summed E-state index contributed by atoms with van der Waals surface area (Å²) in [6.45, 7) is 5.70. The minimum atomic E-state index is 0.125. The van der Waals surface area contributed by atoms with E-state index in [0.717, 1.165) is 38.5 Å². The quantitative estimate of drug-likeness (QED) is 0.751. The van der Waals surface area contributed by atoms with Gasteiger partial charge in [0.05, 0.1) is 0 Å². The molecule has 1 aliphatic carbocycles. The first kappa shape index (κ1) is 13.4. The zero-order valence-corrected chi connectivity index (χ0v) is 11.4. The summed E-state index contributed by atoms with van der Waals surface area (Å²) >= 11 is 0. The Morgan fingerprint density at radius 3 is 2.56 bits per heavy atom. The van der Waals surface area contributed by atoms with Crippen LogP contribution in [0.5, 0.6) is 0 Å². The van der Waals surface area contributed by atoms with Gasteiger partial charge in [-0.1, -0.05) is 19.8 Å². The second kappa shape index (κ2) is 6.78. The average molecular weight is 251 g/mol. The molecule has 1 N–H and O–H groups in total. The normalized spacial score (nSPS) is 16.5. The van der Waals surface area contributed by atoms with Gasteiger partial charge in [0.2, 0.25) is 0 Å². The highest BCUT2D eigenvalue weighted by Crippen LogP contribution is 2.23. The van der Waals surface area contributed by atoms with Crippen LogP contribution < -0.4 is 11.0 Å². The predicted molar refractivity (Wildman–Crippen MR) is 73.8 cm³/mol. The molecule has 102 valence electrons. The van der Waals surface area contributed by atoms with E-state index in [2.05, 4.69) is 12.2 Å². The topological polar surface area (TPSA) is 39.0 Å². The first-order valence-corrected chi connectivity index (χ1v) is 7.27. The van der Waals surface area contributed by atoms with E-state index < -0.39 is 0 Å². The molecule has 0 bridgehead atoms. The zero-order chi connectivity index (χ0) is 12.8. The monoisotopic (exact) mass is 251 g/mol. The molecule has 1 aromatic rings. The molecule has 0 aliphatic heterocycles. The average Bonchev–Trinajstić information content (AvgIpc) is 2.98. The maximum Gasteiger partial charge on any atom is 0.328 e. The van der Waals surface area contributed by atoms with Gasteiger partial charge in [0.1, 0.15) is 0 Å². The molecule has 1 fully saturated rings. The smallest absolute Gasteiger partial charge is 0.315 e. The van der Waals surface area contributed by atoms with Crippen molar-refractivity contribution in [2.24, 2.45) is 5.92 Å². The molecular weight excluding hydrogens is 226 g/mol. The van der Waals surface area contributed by atoms with E-state index in [0.29, 0.717) is 0 Å². The van der Waals surface area contributed by atoms with Gasteiger partial charge in [-0.05, 0) is 31.7 Å². The summed E-state index contributed by atoms with van der Waals surface area (Å²) in [6, 6.07) is 0. The van der Waals surface area contributed by atoms with E-state index >= 15 is 0 Å². The van der Waals surface area contributed by atoms with Crippen molar-refractivity contribution in [2.75, 3.05) is 13.1 Å². The number of aromatic nitrogens is 2. The summed E-state index contributed by atoms with van der Waals surface area (Å²) in [5.41, 5.74) is 0.125. The van der Waals surface area contributed by atoms with Crippen molar-refractivity contribution >= 4 is 0 Å². The number of aryl methyl sites for hydroxylation is 1. The van der Waals surface area contributed by atoms with Crippen LogP contribution in [0.1, 0.15) is 39.0 Å². The van der Waals surface area contributed by atoms with Crippen LogP contribution in [-0.4, -0.2) is 22.2 Å². The number of hydrogen-bond donors (Lipinski definition) is 1. The Balaban J connectivity index is 1.71. The second-order valence-electron chi connectivity index (χ2n) is 5.32. The minimum absolute atomic E-state index is 0.125. The van der Waals surface area contributed by atoms with Gasteiger partial charge >= 0.3 is 5.69 Å². The molecule has 1 saturated carbocycles. The molecule has 18 heavy (non-hydrogen) atoms. The Morgan fingerprint density at radius 2 is 1.89 bits per heavy atom. The van der Waals surface area contributed by atoms with Gasteiger partial charge in [0.15, 0.2) is 0 Å². The van der Waals surface area contributed by atoms with Crippen molar-refractivity contribution in [3.8, 4) is 0 Å². The molecule has 1 aromatic heterocycles. The van der Waals surface area contributed by atoms with Crippen molar-refractivity contribution < 1.29 is 0 Å². The molecule has 0 amide bonds. The van der Waals surface area contributed by atoms with Crippen LogP contribution in [0.4, 0.5) is 0 Å². The van der Waals surface area contributed by atoms with E-state index in [9.17, 15) is 4.79 Å². The number of hydrogen-bond acceptors (Lipinski definition) is 2. The van der Waals surface area contributed by atoms with Gasteiger partial charge < -0.3 is 5.32 Å². The fraction of sp³-hybridized carbons (Fsp3) is 0.786. The lowest BCUT2D eigenvalue weighted by atomic mass is 10.1. The van der Waals surface area contributed by atoms with Crippen molar-refractivity contribution in [1.29, 1.82) is 0 Å². The number of rotatable bonds is 7. The standard InChI is InChI=1S/C14H25N3O/c1-2-8-16-10-11-17(14(16)18)9-7-15-12-13-5-3-4-6-13/h10-11,13,15H,2-9,12H2,1H3. The minimum Gasteiger partial charge on any atom is -0.315 e. The fourth-order valence-electron chi connectivity index (χ4n) is 2.75. The summed E-state index contributed by atoms with van der Waals surface area (Å²) < 4.78 is 3.59. The Hall–Kier alpha value is -1.03. The highest BCUT2D eigenvalue weighted by molar-refractivity contribution is 4.81. The van der Waals surface area contributed by atoms with Crippen LogP contribution in [0.2, 0.25) is 0 Å². The highest BCUT2D eigenvalue weighted by atomic mass is 16.1. The third-order valence-electron chi connectivity index (χ3n) is 3.82. The van der Waals surface area contributed by atoms with Crippen LogP contribution in [0.25, 0.3) is 0 Å². The predicted octanol–water partition coefficient (Wildman–Crippen LogP) is 1.84. The van der Waals surface area contributed by atoms with E-state index in [1.54, 1.807) is 9.13 Å². The lowest BCUT2D eigenvalue weighted by Gasteiger charge is -2.10. The largest absolute Gasteiger partial charge is 0.328 e. The molecule has 0 unspecified atom stereocenters. The van der Waals surface area contributed by atoms with Gasteiger partial charge in [0, 0.05) is 32.0 Å². The van der Waals surface area contributed by atoms with Crippen molar-refractivity contribution in [2.45, 2.75) is 52.1 Å². The van der Waals surface area contributed by atoms with E-state index in [-0.39, 0.29) is 5.69 Å². The Bertz CT molecular complexity index is 401. The summed E-state index contributed by atoms with van der Waals surface area (Å²) in [5, 5.41) is 3.48. The van der Waals surface area contributed by atoms with E-state index in [4.69, 9.17) is 0 Å². The van der Waals surface area contributed by atoms with Crippen molar-refractivity contribution in [1.82, 2.24) is 14.5 Å². The zero-order valence-electron chi connectivity index (χ0n) is 11.4. The van der Waals surface area contributed by atoms with Crippen LogP contribution >= 0.6 is 0 Å². The molecule has 4 nitrogen and oxygen atoms in total. The lowest BCUT2D eigenvalue weighted by molar-refractivity contribution is 0.472. The van der Waals surface area contributed by atoms with Gasteiger partial charge in [-0.3, -0.25) is 9.13 Å². The molecule has 1 aliphatic rings. The second-order valence-corrected chi connectivity index (χ2v) is 5.32. The summed E-state index contributed by atoms with van der Waals surface area (Å²) in [6.07, 6.45) is 10.3. The summed E-state index contributed by atoms with van der Waals surface area (Å²) in [5.74, 6) is 0.867. The van der Waals surface area contributed by atoms with Crippen LogP contribution in [0, 0.1) is 5.92 Å². The SMILES string of the molecule is CCCn1ccn(CCNCC2CCCC2)c1=O. The van der Waals surface area contributed by atoms with Crippen LogP contribution in [-0.2, 0) is 13.1 Å². The first-order valence-electron chi connectivity index (χ1n) is 7.27. The molecule has 0 spiro atoms. The fourth-order valence-corrected chi connectivity index (χ4v) is 2.75. The molecule has 0 aromatic carbocycles. The summed E-state index contributed by atoms with van der Waals surface area (Å²) in [4.78, 5) is 11.9. The molecular formula is C14H25N3O. The third kappa shape index (κ3) is 3.48. The lowest BCUT2D eigenvalue weighted by Crippen LogP contribution is -2.30. The highest BCUT2D eigenvalue weighted by Gasteiger charge is 2.13. The Morgan fingerprint density at radius 1 is 1.22 bits per heavy atom. The van der Waals surface area contributed by atoms with Gasteiger partial charge in [-0.2, -0.15) is 0 Å². The van der Waals surface area contributed by atoms with Crippen molar-refractivity contribution in [3.63, 3.8) is 0 Å². The number of imidazole rings is 1. The molecule has 0 saturated heterocycles. The van der Waals surface area contributed by atoms with Crippen LogP contribution in [0.15, 0.2) is 17.2 Å². The maximum atomic E-state index is 11.9. The number of nitrogens with zero attached hydrogens (tertiary/aromatic N) is 2. The third-order valence-corrected chi connectivity index (χ3v) is 3.82.